The van der Waals surface area contributed by atoms with Crippen LogP contribution in [0.1, 0.15) is 5.56 Å². The third-order valence-electron chi connectivity index (χ3n) is 4.73. The number of carbonyl (C=O) groups excluding carboxylic acids is 2. The molecule has 2 aromatic heterocycles. The summed E-state index contributed by atoms with van der Waals surface area (Å²) in [5.74, 6) is 0.0213. The van der Waals surface area contributed by atoms with E-state index in [1.807, 2.05) is 41.4 Å². The van der Waals surface area contributed by atoms with Gasteiger partial charge in [0.05, 0.1) is 12.1 Å². The Morgan fingerprint density at radius 2 is 1.68 bits per heavy atom. The van der Waals surface area contributed by atoms with Crippen LogP contribution in [0.5, 0.6) is 0 Å². The van der Waals surface area contributed by atoms with Gasteiger partial charge in [-0.2, -0.15) is 5.10 Å². The van der Waals surface area contributed by atoms with Crippen molar-refractivity contribution in [2.24, 2.45) is 0 Å². The number of hydrogen-bond acceptors (Lipinski definition) is 6. The Morgan fingerprint density at radius 1 is 0.964 bits per heavy atom. The molecule has 0 aliphatic carbocycles. The molecule has 0 unspecified atom stereocenters. The monoisotopic (exact) mass is 380 g/mol. The lowest BCUT2D eigenvalue weighted by atomic mass is 10.1. The number of tetrazole rings is 1. The minimum atomic E-state index is -0.0476. The third kappa shape index (κ3) is 4.05. The van der Waals surface area contributed by atoms with E-state index in [-0.39, 0.29) is 18.4 Å². The average molecular weight is 380 g/mol. The van der Waals surface area contributed by atoms with E-state index in [1.165, 1.54) is 11.0 Å². The van der Waals surface area contributed by atoms with Gasteiger partial charge in [0, 0.05) is 38.6 Å². The summed E-state index contributed by atoms with van der Waals surface area (Å²) in [4.78, 5) is 28.4. The molecule has 0 spiro atoms. The van der Waals surface area contributed by atoms with Crippen LogP contribution in [0.2, 0.25) is 0 Å². The number of nitrogens with zero attached hydrogens (tertiary/aromatic N) is 8. The van der Waals surface area contributed by atoms with E-state index in [1.54, 1.807) is 15.8 Å². The van der Waals surface area contributed by atoms with Crippen LogP contribution >= 0.6 is 0 Å². The SMILES string of the molecule is O=C(Cc1ccc(-n2cccn2)cc1)N1CCN(C(=O)Cn2cnnn2)CC1. The zero-order valence-corrected chi connectivity index (χ0v) is 15.3. The molecule has 1 aliphatic heterocycles. The van der Waals surface area contributed by atoms with Gasteiger partial charge in [-0.05, 0) is 34.2 Å². The van der Waals surface area contributed by atoms with Crippen LogP contribution in [0.4, 0.5) is 0 Å². The molecule has 1 aromatic carbocycles. The number of piperazine rings is 1. The smallest absolute Gasteiger partial charge is 0.244 e. The second kappa shape index (κ2) is 7.99. The molecule has 0 atom stereocenters. The molecule has 1 aliphatic rings. The van der Waals surface area contributed by atoms with Gasteiger partial charge in [0.2, 0.25) is 11.8 Å². The van der Waals surface area contributed by atoms with E-state index in [4.69, 9.17) is 0 Å². The lowest BCUT2D eigenvalue weighted by molar-refractivity contribution is -0.139. The molecule has 0 N–H and O–H groups in total. The van der Waals surface area contributed by atoms with E-state index < -0.39 is 0 Å². The molecule has 0 radical (unpaired) electrons. The van der Waals surface area contributed by atoms with Gasteiger partial charge in [-0.1, -0.05) is 12.1 Å². The van der Waals surface area contributed by atoms with Crippen molar-refractivity contribution in [3.8, 4) is 5.69 Å². The van der Waals surface area contributed by atoms with E-state index in [2.05, 4.69) is 20.6 Å². The van der Waals surface area contributed by atoms with Gasteiger partial charge in [0.1, 0.15) is 12.9 Å². The predicted molar refractivity (Wildman–Crippen MR) is 98.2 cm³/mol. The lowest BCUT2D eigenvalue weighted by Crippen LogP contribution is -2.51. The van der Waals surface area contributed by atoms with E-state index in [0.29, 0.717) is 32.6 Å². The van der Waals surface area contributed by atoms with Gasteiger partial charge >= 0.3 is 0 Å². The Labute approximate surface area is 161 Å². The summed E-state index contributed by atoms with van der Waals surface area (Å²) in [7, 11) is 0. The zero-order chi connectivity index (χ0) is 19.3. The molecular weight excluding hydrogens is 360 g/mol. The molecule has 1 saturated heterocycles. The van der Waals surface area contributed by atoms with Crippen molar-refractivity contribution in [1.29, 1.82) is 0 Å². The van der Waals surface area contributed by atoms with Crippen molar-refractivity contribution in [2.75, 3.05) is 26.2 Å². The first kappa shape index (κ1) is 17.8. The molecule has 144 valence electrons. The Kier molecular flexibility index (Phi) is 5.09. The minimum Gasteiger partial charge on any atom is -0.339 e. The number of aromatic nitrogens is 6. The fourth-order valence-electron chi connectivity index (χ4n) is 3.17. The van der Waals surface area contributed by atoms with Crippen LogP contribution in [0, 0.1) is 0 Å². The quantitative estimate of drug-likeness (QED) is 0.606. The Hall–Kier alpha value is -3.56. The number of benzene rings is 1. The van der Waals surface area contributed by atoms with Gasteiger partial charge < -0.3 is 9.80 Å². The maximum atomic E-state index is 12.6. The first-order valence-electron chi connectivity index (χ1n) is 9.04. The van der Waals surface area contributed by atoms with Crippen LogP contribution in [0.3, 0.4) is 0 Å². The van der Waals surface area contributed by atoms with Crippen molar-refractivity contribution < 1.29 is 9.59 Å². The predicted octanol–water partition coefficient (Wildman–Crippen LogP) is -0.228. The first-order chi connectivity index (χ1) is 13.7. The highest BCUT2D eigenvalue weighted by Gasteiger charge is 2.24. The van der Waals surface area contributed by atoms with Gasteiger partial charge in [0.25, 0.3) is 0 Å². The van der Waals surface area contributed by atoms with E-state index in [0.717, 1.165) is 11.3 Å². The summed E-state index contributed by atoms with van der Waals surface area (Å²) in [6.45, 7) is 2.22. The molecule has 1 fully saturated rings. The summed E-state index contributed by atoms with van der Waals surface area (Å²) < 4.78 is 3.17. The minimum absolute atomic E-state index is 0.0476. The normalized spacial score (nSPS) is 14.3. The van der Waals surface area contributed by atoms with Crippen LogP contribution in [0.15, 0.2) is 49.1 Å². The van der Waals surface area contributed by atoms with Crippen molar-refractivity contribution in [1.82, 2.24) is 39.8 Å². The number of amides is 2. The molecule has 3 aromatic rings. The van der Waals surface area contributed by atoms with Gasteiger partial charge in [-0.25, -0.2) is 9.36 Å². The highest BCUT2D eigenvalue weighted by atomic mass is 16.2. The Balaban J connectivity index is 1.27. The third-order valence-corrected chi connectivity index (χ3v) is 4.73. The standard InChI is InChI=1S/C18H20N8O2/c27-17(12-15-2-4-16(5-3-15)26-7-1-6-20-26)23-8-10-24(11-9-23)18(28)13-25-14-19-21-22-25/h1-7,14H,8-13H2. The van der Waals surface area contributed by atoms with E-state index in [9.17, 15) is 9.59 Å². The second-order valence-corrected chi connectivity index (χ2v) is 6.56. The molecule has 0 bridgehead atoms. The second-order valence-electron chi connectivity index (χ2n) is 6.56. The van der Waals surface area contributed by atoms with E-state index >= 15 is 0 Å². The summed E-state index contributed by atoms with van der Waals surface area (Å²) >= 11 is 0. The lowest BCUT2D eigenvalue weighted by Gasteiger charge is -2.34. The van der Waals surface area contributed by atoms with Crippen molar-refractivity contribution in [2.45, 2.75) is 13.0 Å². The summed E-state index contributed by atoms with van der Waals surface area (Å²) in [5, 5.41) is 14.9. The Bertz CT molecular complexity index is 913. The maximum Gasteiger partial charge on any atom is 0.244 e. The van der Waals surface area contributed by atoms with Gasteiger partial charge in [-0.15, -0.1) is 5.10 Å². The number of hydrogen-bond donors (Lipinski definition) is 0. The molecule has 0 saturated carbocycles. The molecule has 2 amide bonds. The maximum absolute atomic E-state index is 12.6. The molecule has 4 rings (SSSR count). The van der Waals surface area contributed by atoms with Crippen molar-refractivity contribution >= 4 is 11.8 Å². The summed E-state index contributed by atoms with van der Waals surface area (Å²) in [6, 6.07) is 9.66. The fraction of sp³-hybridized carbons (Fsp3) is 0.333. The van der Waals surface area contributed by atoms with Crippen LogP contribution in [0.25, 0.3) is 5.69 Å². The van der Waals surface area contributed by atoms with Gasteiger partial charge in [-0.3, -0.25) is 9.59 Å². The van der Waals surface area contributed by atoms with Crippen molar-refractivity contribution in [3.63, 3.8) is 0 Å². The topological polar surface area (TPSA) is 102 Å². The van der Waals surface area contributed by atoms with Crippen LogP contribution < -0.4 is 0 Å². The first-order valence-corrected chi connectivity index (χ1v) is 9.04. The highest BCUT2D eigenvalue weighted by molar-refractivity contribution is 5.80. The molecule has 10 heteroatoms. The fourth-order valence-corrected chi connectivity index (χ4v) is 3.17. The van der Waals surface area contributed by atoms with Crippen LogP contribution in [-0.4, -0.2) is 77.8 Å². The number of rotatable bonds is 5. The number of carbonyl (C=O) groups is 2. The molecule has 10 nitrogen and oxygen atoms in total. The summed E-state index contributed by atoms with van der Waals surface area (Å²) in [6.07, 6.45) is 5.36. The average Bonchev–Trinajstić information content (AvgIpc) is 3.43. The molecular formula is C18H20N8O2. The molecule has 28 heavy (non-hydrogen) atoms. The van der Waals surface area contributed by atoms with Crippen LogP contribution in [-0.2, 0) is 22.6 Å². The highest BCUT2D eigenvalue weighted by Crippen LogP contribution is 2.11. The Morgan fingerprint density at radius 3 is 2.29 bits per heavy atom. The molecule has 3 heterocycles. The zero-order valence-electron chi connectivity index (χ0n) is 15.3. The largest absolute Gasteiger partial charge is 0.339 e. The van der Waals surface area contributed by atoms with Crippen molar-refractivity contribution in [3.05, 3.63) is 54.6 Å². The summed E-state index contributed by atoms with van der Waals surface area (Å²) in [5.41, 5.74) is 1.91. The van der Waals surface area contributed by atoms with Gasteiger partial charge in [0.15, 0.2) is 0 Å².